The summed E-state index contributed by atoms with van der Waals surface area (Å²) < 4.78 is 30.8. The average Bonchev–Trinajstić information content (AvgIpc) is 2.23. The number of ether oxygens (including phenoxy) is 1. The SMILES string of the molecule is CN(C)C(O)C(OC(N)=O)c1cc(F)cc(F)c1. The van der Waals surface area contributed by atoms with Gasteiger partial charge in [0.2, 0.25) is 0 Å². The second-order valence-electron chi connectivity index (χ2n) is 3.94. The second-order valence-corrected chi connectivity index (χ2v) is 3.94. The van der Waals surface area contributed by atoms with Crippen molar-refractivity contribution in [2.24, 2.45) is 5.73 Å². The number of benzene rings is 1. The Morgan fingerprint density at radius 2 is 1.83 bits per heavy atom. The molecule has 100 valence electrons. The van der Waals surface area contributed by atoms with Gasteiger partial charge < -0.3 is 15.6 Å². The van der Waals surface area contributed by atoms with E-state index in [1.165, 1.54) is 19.0 Å². The van der Waals surface area contributed by atoms with Crippen LogP contribution in [0.25, 0.3) is 0 Å². The predicted octanol–water partition coefficient (Wildman–Crippen LogP) is 0.981. The molecule has 0 saturated carbocycles. The molecule has 7 heteroatoms. The minimum Gasteiger partial charge on any atom is -0.437 e. The summed E-state index contributed by atoms with van der Waals surface area (Å²) in [5.41, 5.74) is 4.85. The molecule has 0 heterocycles. The molecule has 1 rings (SSSR count). The molecule has 2 unspecified atom stereocenters. The van der Waals surface area contributed by atoms with Gasteiger partial charge in [-0.3, -0.25) is 4.90 Å². The Morgan fingerprint density at radius 1 is 1.33 bits per heavy atom. The Morgan fingerprint density at radius 3 is 2.22 bits per heavy atom. The Balaban J connectivity index is 3.12. The topological polar surface area (TPSA) is 75.8 Å². The molecule has 1 amide bonds. The van der Waals surface area contributed by atoms with Crippen LogP contribution in [-0.4, -0.2) is 36.4 Å². The number of nitrogens with two attached hydrogens (primary N) is 1. The molecule has 18 heavy (non-hydrogen) atoms. The number of hydrogen-bond donors (Lipinski definition) is 2. The Hall–Kier alpha value is -1.73. The highest BCUT2D eigenvalue weighted by Gasteiger charge is 2.27. The molecule has 1 aromatic rings. The van der Waals surface area contributed by atoms with Crippen LogP contribution < -0.4 is 5.73 Å². The number of carbonyl (C=O) groups excluding carboxylic acids is 1. The van der Waals surface area contributed by atoms with E-state index in [1.807, 2.05) is 0 Å². The van der Waals surface area contributed by atoms with Crippen LogP contribution in [0.1, 0.15) is 11.7 Å². The number of aliphatic hydroxyl groups excluding tert-OH is 1. The van der Waals surface area contributed by atoms with Crippen molar-refractivity contribution in [2.45, 2.75) is 12.3 Å². The van der Waals surface area contributed by atoms with Gasteiger partial charge in [0.05, 0.1) is 0 Å². The van der Waals surface area contributed by atoms with Gasteiger partial charge in [-0.15, -0.1) is 0 Å². The summed E-state index contributed by atoms with van der Waals surface area (Å²) in [6.45, 7) is 0. The maximum Gasteiger partial charge on any atom is 0.405 e. The van der Waals surface area contributed by atoms with Crippen molar-refractivity contribution in [2.75, 3.05) is 14.1 Å². The van der Waals surface area contributed by atoms with E-state index in [0.29, 0.717) is 6.07 Å². The number of likely N-dealkylation sites (N-methyl/N-ethyl adjacent to an activating group) is 1. The lowest BCUT2D eigenvalue weighted by Gasteiger charge is -2.27. The monoisotopic (exact) mass is 260 g/mol. The zero-order valence-electron chi connectivity index (χ0n) is 9.93. The first-order chi connectivity index (χ1) is 8.31. The van der Waals surface area contributed by atoms with Gasteiger partial charge in [0.15, 0.2) is 6.10 Å². The first kappa shape index (κ1) is 14.3. The summed E-state index contributed by atoms with van der Waals surface area (Å²) in [6.07, 6.45) is -3.70. The highest BCUT2D eigenvalue weighted by Crippen LogP contribution is 2.24. The number of nitrogens with zero attached hydrogens (tertiary/aromatic N) is 1. The van der Waals surface area contributed by atoms with Crippen molar-refractivity contribution in [3.63, 3.8) is 0 Å². The van der Waals surface area contributed by atoms with Gasteiger partial charge in [0.1, 0.15) is 17.9 Å². The van der Waals surface area contributed by atoms with Crippen molar-refractivity contribution in [1.29, 1.82) is 0 Å². The summed E-state index contributed by atoms with van der Waals surface area (Å²) in [7, 11) is 3.02. The standard InChI is InChI=1S/C11H14F2N2O3/c1-15(2)10(16)9(18-11(14)17)6-3-7(12)5-8(13)4-6/h3-5,9-10,16H,1-2H3,(H2,14,17). The van der Waals surface area contributed by atoms with E-state index in [9.17, 15) is 18.7 Å². The first-order valence-corrected chi connectivity index (χ1v) is 5.08. The molecule has 2 atom stereocenters. The number of carbonyl (C=O) groups is 1. The van der Waals surface area contributed by atoms with E-state index in [4.69, 9.17) is 5.73 Å². The Kier molecular flexibility index (Phi) is 4.57. The number of amides is 1. The third kappa shape index (κ3) is 3.64. The fourth-order valence-electron chi connectivity index (χ4n) is 1.44. The van der Waals surface area contributed by atoms with Crippen molar-refractivity contribution >= 4 is 6.09 Å². The molecule has 0 bridgehead atoms. The van der Waals surface area contributed by atoms with E-state index in [2.05, 4.69) is 4.74 Å². The van der Waals surface area contributed by atoms with Crippen molar-refractivity contribution < 1.29 is 23.4 Å². The van der Waals surface area contributed by atoms with Crippen LogP contribution >= 0.6 is 0 Å². The summed E-state index contributed by atoms with van der Waals surface area (Å²) in [4.78, 5) is 12.1. The van der Waals surface area contributed by atoms with Gasteiger partial charge in [-0.2, -0.15) is 0 Å². The predicted molar refractivity (Wildman–Crippen MR) is 59.5 cm³/mol. The summed E-state index contributed by atoms with van der Waals surface area (Å²) in [6, 6.07) is 2.60. The Labute approximate surface area is 103 Å². The molecule has 0 fully saturated rings. The molecule has 3 N–H and O–H groups in total. The zero-order chi connectivity index (χ0) is 13.9. The zero-order valence-corrected chi connectivity index (χ0v) is 9.93. The van der Waals surface area contributed by atoms with Gasteiger partial charge in [-0.25, -0.2) is 13.6 Å². The Bertz CT molecular complexity index is 420. The third-order valence-electron chi connectivity index (χ3n) is 2.26. The van der Waals surface area contributed by atoms with Crippen LogP contribution in [0.3, 0.4) is 0 Å². The quantitative estimate of drug-likeness (QED) is 0.791. The summed E-state index contributed by atoms with van der Waals surface area (Å²) in [5.74, 6) is -1.68. The molecular weight excluding hydrogens is 246 g/mol. The van der Waals surface area contributed by atoms with Crippen LogP contribution in [0.15, 0.2) is 18.2 Å². The molecule has 5 nitrogen and oxygen atoms in total. The van der Waals surface area contributed by atoms with E-state index >= 15 is 0 Å². The number of rotatable bonds is 4. The van der Waals surface area contributed by atoms with Gasteiger partial charge >= 0.3 is 6.09 Å². The lowest BCUT2D eigenvalue weighted by molar-refractivity contribution is -0.0673. The van der Waals surface area contributed by atoms with E-state index in [-0.39, 0.29) is 5.56 Å². The van der Waals surface area contributed by atoms with Crippen molar-refractivity contribution in [3.05, 3.63) is 35.4 Å². The number of halogens is 2. The van der Waals surface area contributed by atoms with Crippen LogP contribution in [0.2, 0.25) is 0 Å². The normalized spacial score (nSPS) is 14.3. The van der Waals surface area contributed by atoms with E-state index in [1.54, 1.807) is 0 Å². The van der Waals surface area contributed by atoms with Gasteiger partial charge in [-0.1, -0.05) is 0 Å². The van der Waals surface area contributed by atoms with Crippen LogP contribution in [0.5, 0.6) is 0 Å². The van der Waals surface area contributed by atoms with Crippen LogP contribution in [0.4, 0.5) is 13.6 Å². The highest BCUT2D eigenvalue weighted by molar-refractivity contribution is 5.65. The van der Waals surface area contributed by atoms with Gasteiger partial charge in [-0.05, 0) is 26.2 Å². The number of hydrogen-bond acceptors (Lipinski definition) is 4. The van der Waals surface area contributed by atoms with Gasteiger partial charge in [0.25, 0.3) is 0 Å². The van der Waals surface area contributed by atoms with Gasteiger partial charge in [0, 0.05) is 11.6 Å². The van der Waals surface area contributed by atoms with Crippen molar-refractivity contribution in [3.8, 4) is 0 Å². The lowest BCUT2D eigenvalue weighted by Crippen LogP contribution is -2.37. The molecule has 1 aromatic carbocycles. The largest absolute Gasteiger partial charge is 0.437 e. The van der Waals surface area contributed by atoms with Crippen molar-refractivity contribution in [1.82, 2.24) is 4.90 Å². The molecule has 0 aromatic heterocycles. The maximum absolute atomic E-state index is 13.1. The number of aliphatic hydroxyl groups is 1. The van der Waals surface area contributed by atoms with Crippen LogP contribution in [0, 0.1) is 11.6 Å². The molecular formula is C11H14F2N2O3. The number of primary amides is 1. The minimum atomic E-state index is -1.28. The second kappa shape index (κ2) is 5.74. The average molecular weight is 260 g/mol. The molecule has 0 aliphatic heterocycles. The molecule has 0 aliphatic carbocycles. The van der Waals surface area contributed by atoms with E-state index in [0.717, 1.165) is 12.1 Å². The summed E-state index contributed by atoms with van der Waals surface area (Å²) >= 11 is 0. The molecule has 0 aliphatic rings. The van der Waals surface area contributed by atoms with Crippen LogP contribution in [-0.2, 0) is 4.74 Å². The highest BCUT2D eigenvalue weighted by atomic mass is 19.1. The molecule has 0 radical (unpaired) electrons. The molecule has 0 saturated heterocycles. The fraction of sp³-hybridized carbons (Fsp3) is 0.364. The lowest BCUT2D eigenvalue weighted by atomic mass is 10.1. The third-order valence-corrected chi connectivity index (χ3v) is 2.26. The maximum atomic E-state index is 13.1. The fourth-order valence-corrected chi connectivity index (χ4v) is 1.44. The smallest absolute Gasteiger partial charge is 0.405 e. The molecule has 0 spiro atoms. The summed E-state index contributed by atoms with van der Waals surface area (Å²) in [5, 5.41) is 9.82. The van der Waals surface area contributed by atoms with E-state index < -0.39 is 30.1 Å². The minimum absolute atomic E-state index is 0.0208. The first-order valence-electron chi connectivity index (χ1n) is 5.08.